The Bertz CT molecular complexity index is 1130. The zero-order chi connectivity index (χ0) is 25.5. The average molecular weight is 508 g/mol. The summed E-state index contributed by atoms with van der Waals surface area (Å²) in [6.07, 6.45) is 0.0507. The first-order valence-electron chi connectivity index (χ1n) is 11.9. The number of amides is 2. The monoisotopic (exact) mass is 507 g/mol. The fourth-order valence-electron chi connectivity index (χ4n) is 4.73. The molecule has 10 heteroatoms. The predicted molar refractivity (Wildman–Crippen MR) is 130 cm³/mol. The van der Waals surface area contributed by atoms with E-state index in [0.29, 0.717) is 42.6 Å². The van der Waals surface area contributed by atoms with Crippen molar-refractivity contribution in [1.82, 2.24) is 24.7 Å². The van der Waals surface area contributed by atoms with E-state index in [-0.39, 0.29) is 23.7 Å². The molecular formula is C25H32ClF2N5O2. The molecule has 7 nitrogen and oxygen atoms in total. The molecule has 0 aliphatic carbocycles. The van der Waals surface area contributed by atoms with Crippen molar-refractivity contribution in [3.05, 3.63) is 40.4 Å². The highest BCUT2D eigenvalue weighted by atomic mass is 35.5. The zero-order valence-corrected chi connectivity index (χ0v) is 21.3. The third-order valence-electron chi connectivity index (χ3n) is 6.63. The van der Waals surface area contributed by atoms with Crippen molar-refractivity contribution in [1.29, 1.82) is 0 Å². The van der Waals surface area contributed by atoms with E-state index in [1.807, 2.05) is 32.4 Å². The van der Waals surface area contributed by atoms with Crippen molar-refractivity contribution in [2.45, 2.75) is 58.9 Å². The number of aromatic nitrogens is 2. The van der Waals surface area contributed by atoms with Gasteiger partial charge in [-0.3, -0.25) is 9.59 Å². The van der Waals surface area contributed by atoms with Crippen LogP contribution in [0.15, 0.2) is 18.2 Å². The van der Waals surface area contributed by atoms with E-state index in [0.717, 1.165) is 13.0 Å². The number of imidazole rings is 1. The van der Waals surface area contributed by atoms with Crippen molar-refractivity contribution in [2.75, 3.05) is 26.7 Å². The fourth-order valence-corrected chi connectivity index (χ4v) is 4.90. The number of fused-ring (bicyclic) bond motifs is 1. The Morgan fingerprint density at radius 2 is 1.97 bits per heavy atom. The summed E-state index contributed by atoms with van der Waals surface area (Å²) < 4.78 is 30.4. The lowest BCUT2D eigenvalue weighted by Gasteiger charge is -2.33. The van der Waals surface area contributed by atoms with Crippen LogP contribution in [-0.4, -0.2) is 70.1 Å². The second kappa shape index (κ2) is 9.85. The number of nitrogens with zero attached hydrogens (tertiary/aromatic N) is 4. The Morgan fingerprint density at radius 3 is 2.63 bits per heavy atom. The highest BCUT2D eigenvalue weighted by Gasteiger charge is 2.39. The quantitative estimate of drug-likeness (QED) is 0.681. The summed E-state index contributed by atoms with van der Waals surface area (Å²) in [5.41, 5.74) is 0.412. The summed E-state index contributed by atoms with van der Waals surface area (Å²) >= 11 is 6.14. The van der Waals surface area contributed by atoms with E-state index >= 15 is 0 Å². The maximum atomic E-state index is 14.8. The number of carbonyl (C=O) groups is 2. The number of halogens is 3. The number of benzene rings is 1. The van der Waals surface area contributed by atoms with Gasteiger partial charge in [-0.1, -0.05) is 32.4 Å². The normalized spacial score (nSPS) is 19.9. The molecule has 2 aliphatic rings. The van der Waals surface area contributed by atoms with E-state index in [1.165, 1.54) is 23.1 Å². The van der Waals surface area contributed by atoms with E-state index < -0.39 is 29.4 Å². The molecule has 1 N–H and O–H groups in total. The average Bonchev–Trinajstić information content (AvgIpc) is 3.31. The van der Waals surface area contributed by atoms with Gasteiger partial charge < -0.3 is 19.7 Å². The van der Waals surface area contributed by atoms with Gasteiger partial charge in [0.2, 0.25) is 5.91 Å². The minimum Gasteiger partial charge on any atom is -0.338 e. The Hall–Kier alpha value is -2.52. The summed E-state index contributed by atoms with van der Waals surface area (Å²) in [5, 5.41) is 3.24. The lowest BCUT2D eigenvalue weighted by Crippen LogP contribution is -2.54. The van der Waals surface area contributed by atoms with E-state index in [4.69, 9.17) is 11.6 Å². The number of likely N-dealkylation sites (tertiary alicyclic amines) is 1. The summed E-state index contributed by atoms with van der Waals surface area (Å²) in [7, 11) is 1.95. The van der Waals surface area contributed by atoms with Gasteiger partial charge in [-0.05, 0) is 50.0 Å². The van der Waals surface area contributed by atoms with Gasteiger partial charge in [0.15, 0.2) is 5.69 Å². The third kappa shape index (κ3) is 5.35. The first-order chi connectivity index (χ1) is 16.5. The smallest absolute Gasteiger partial charge is 0.272 e. The Morgan fingerprint density at radius 1 is 1.23 bits per heavy atom. The van der Waals surface area contributed by atoms with Crippen LogP contribution < -0.4 is 5.32 Å². The molecule has 0 radical (unpaired) electrons. The number of rotatable bonds is 4. The third-order valence-corrected chi connectivity index (χ3v) is 6.86. The van der Waals surface area contributed by atoms with Crippen molar-refractivity contribution < 1.29 is 18.4 Å². The fraction of sp³-hybridized carbons (Fsp3) is 0.560. The minimum absolute atomic E-state index is 0.0319. The molecule has 3 heterocycles. The van der Waals surface area contributed by atoms with Crippen LogP contribution in [0.1, 0.15) is 49.8 Å². The van der Waals surface area contributed by atoms with Crippen LogP contribution in [0.4, 0.5) is 8.78 Å². The van der Waals surface area contributed by atoms with Crippen molar-refractivity contribution in [3.8, 4) is 11.4 Å². The lowest BCUT2D eigenvalue weighted by atomic mass is 9.85. The van der Waals surface area contributed by atoms with Crippen LogP contribution >= 0.6 is 11.6 Å². The largest absolute Gasteiger partial charge is 0.338 e. The van der Waals surface area contributed by atoms with Gasteiger partial charge in [0.1, 0.15) is 23.9 Å². The van der Waals surface area contributed by atoms with Crippen LogP contribution in [0.3, 0.4) is 0 Å². The van der Waals surface area contributed by atoms with E-state index in [2.05, 4.69) is 15.2 Å². The molecule has 0 unspecified atom stereocenters. The van der Waals surface area contributed by atoms with Gasteiger partial charge >= 0.3 is 0 Å². The number of hydrogen-bond donors (Lipinski definition) is 1. The number of nitrogens with one attached hydrogen (secondary N) is 1. The minimum atomic E-state index is -1.05. The van der Waals surface area contributed by atoms with Crippen molar-refractivity contribution in [3.63, 3.8) is 0 Å². The maximum absolute atomic E-state index is 14.8. The Kier molecular flexibility index (Phi) is 7.20. The number of hydrogen-bond acceptors (Lipinski definition) is 4. The van der Waals surface area contributed by atoms with Gasteiger partial charge in [-0.15, -0.1) is 0 Å². The molecule has 1 aromatic heterocycles. The molecule has 2 aliphatic heterocycles. The summed E-state index contributed by atoms with van der Waals surface area (Å²) in [6.45, 7) is 7.74. The molecular weight excluding hydrogens is 476 g/mol. The number of alkyl halides is 1. The maximum Gasteiger partial charge on any atom is 0.272 e. The van der Waals surface area contributed by atoms with Crippen LogP contribution in [0, 0.1) is 11.2 Å². The molecule has 1 fully saturated rings. The van der Waals surface area contributed by atoms with Gasteiger partial charge in [0.05, 0.1) is 17.8 Å². The molecule has 2 aromatic rings. The van der Waals surface area contributed by atoms with E-state index in [1.54, 1.807) is 0 Å². The van der Waals surface area contributed by atoms with Gasteiger partial charge in [-0.2, -0.15) is 0 Å². The van der Waals surface area contributed by atoms with Gasteiger partial charge in [0.25, 0.3) is 5.91 Å². The first kappa shape index (κ1) is 25.6. The second-order valence-electron chi connectivity index (χ2n) is 10.5. The molecule has 190 valence electrons. The first-order valence-corrected chi connectivity index (χ1v) is 12.3. The number of carbonyl (C=O) groups excluding carboxylic acids is 2. The van der Waals surface area contributed by atoms with E-state index in [9.17, 15) is 18.4 Å². The highest BCUT2D eigenvalue weighted by molar-refractivity contribution is 6.30. The zero-order valence-electron chi connectivity index (χ0n) is 20.6. The summed E-state index contributed by atoms with van der Waals surface area (Å²) in [5.74, 6) is -0.972. The Labute approximate surface area is 209 Å². The van der Waals surface area contributed by atoms with Crippen LogP contribution in [0.25, 0.3) is 11.4 Å². The van der Waals surface area contributed by atoms with Crippen LogP contribution in [-0.2, 0) is 17.9 Å². The van der Waals surface area contributed by atoms with Gasteiger partial charge in [-0.25, -0.2) is 13.8 Å². The highest BCUT2D eigenvalue weighted by Crippen LogP contribution is 2.31. The van der Waals surface area contributed by atoms with Crippen molar-refractivity contribution >= 4 is 23.4 Å². The Balaban J connectivity index is 1.72. The molecule has 35 heavy (non-hydrogen) atoms. The predicted octanol–water partition coefficient (Wildman–Crippen LogP) is 3.89. The summed E-state index contributed by atoms with van der Waals surface area (Å²) in [4.78, 5) is 35.0. The molecule has 1 aromatic carbocycles. The topological polar surface area (TPSA) is 70.5 Å². The second-order valence-corrected chi connectivity index (χ2v) is 11.0. The molecule has 0 saturated carbocycles. The summed E-state index contributed by atoms with van der Waals surface area (Å²) in [6, 6.07) is 3.39. The molecule has 0 spiro atoms. The molecule has 2 amide bonds. The molecule has 4 rings (SSSR count). The van der Waals surface area contributed by atoms with Crippen LogP contribution in [0.2, 0.25) is 5.02 Å². The van der Waals surface area contributed by atoms with Gasteiger partial charge in [0, 0.05) is 24.7 Å². The standard InChI is InChI=1S/C25H32ClF2N5O2/c1-25(2,3)21(24(35)32-11-8-16(27)13-32)30-23(34)20-19-14-31(4)9-5-10-33(19)22(29-20)17-12-15(26)6-7-18(17)28/h6-7,12,16,21H,5,8-11,13-14H2,1-4H3,(H,30,34)/t16-,21-/m1/s1. The SMILES string of the molecule is CN1CCCn2c(-c3cc(Cl)ccc3F)nc(C(=O)N[C@H](C(=O)N3CC[C@@H](F)C3)C(C)(C)C)c2C1. The van der Waals surface area contributed by atoms with Crippen LogP contribution in [0.5, 0.6) is 0 Å². The van der Waals surface area contributed by atoms with Crippen molar-refractivity contribution in [2.24, 2.45) is 5.41 Å². The lowest BCUT2D eigenvalue weighted by molar-refractivity contribution is -0.135. The molecule has 0 bridgehead atoms. The molecule has 1 saturated heterocycles. The molecule has 2 atom stereocenters.